The Hall–Kier alpha value is -2.93. The van der Waals surface area contributed by atoms with Crippen molar-refractivity contribution in [3.63, 3.8) is 0 Å². The van der Waals surface area contributed by atoms with Crippen molar-refractivity contribution in [2.24, 2.45) is 0 Å². The summed E-state index contributed by atoms with van der Waals surface area (Å²) in [4.78, 5) is 24.6. The molecule has 144 valence electrons. The van der Waals surface area contributed by atoms with Crippen LogP contribution in [0.4, 0.5) is 5.69 Å². The number of amides is 1. The number of hydrogen-bond acceptors (Lipinski definition) is 5. The highest BCUT2D eigenvalue weighted by molar-refractivity contribution is 5.77. The molecule has 1 N–H and O–H groups in total. The van der Waals surface area contributed by atoms with Crippen LogP contribution in [0.1, 0.15) is 24.1 Å². The Labute approximate surface area is 159 Å². The molecule has 27 heavy (non-hydrogen) atoms. The van der Waals surface area contributed by atoms with Crippen molar-refractivity contribution < 1.29 is 14.5 Å². The van der Waals surface area contributed by atoms with E-state index in [2.05, 4.69) is 36.5 Å². The minimum Gasteiger partial charge on any atom is -0.477 e. The monoisotopic (exact) mass is 371 g/mol. The van der Waals surface area contributed by atoms with Crippen molar-refractivity contribution in [3.8, 4) is 5.75 Å². The van der Waals surface area contributed by atoms with Gasteiger partial charge >= 0.3 is 5.69 Å². The van der Waals surface area contributed by atoms with Gasteiger partial charge in [-0.15, -0.1) is 0 Å². The fourth-order valence-electron chi connectivity index (χ4n) is 2.71. The number of carbonyl (C=O) groups is 1. The van der Waals surface area contributed by atoms with Gasteiger partial charge in [-0.25, -0.2) is 0 Å². The molecule has 2 aromatic rings. The van der Waals surface area contributed by atoms with Crippen LogP contribution in [-0.2, 0) is 11.2 Å². The average Bonchev–Trinajstić information content (AvgIpc) is 2.67. The highest BCUT2D eigenvalue weighted by Gasteiger charge is 2.17. The maximum atomic E-state index is 12.1. The van der Waals surface area contributed by atoms with E-state index in [9.17, 15) is 14.9 Å². The van der Waals surface area contributed by atoms with Crippen molar-refractivity contribution in [2.45, 2.75) is 19.4 Å². The first-order valence-electron chi connectivity index (χ1n) is 8.80. The van der Waals surface area contributed by atoms with Gasteiger partial charge in [-0.1, -0.05) is 43.3 Å². The molecule has 0 aliphatic carbocycles. The third-order valence-corrected chi connectivity index (χ3v) is 4.31. The molecule has 0 aliphatic rings. The van der Waals surface area contributed by atoms with E-state index < -0.39 is 4.92 Å². The average molecular weight is 371 g/mol. The molecule has 0 spiro atoms. The highest BCUT2D eigenvalue weighted by atomic mass is 16.6. The Kier molecular flexibility index (Phi) is 7.31. The predicted molar refractivity (Wildman–Crippen MR) is 104 cm³/mol. The summed E-state index contributed by atoms with van der Waals surface area (Å²) in [6.07, 6.45) is 0.979. The van der Waals surface area contributed by atoms with Crippen LogP contribution in [0.25, 0.3) is 0 Å². The number of nitro benzene ring substituents is 1. The van der Waals surface area contributed by atoms with Crippen LogP contribution in [-0.4, -0.2) is 43.0 Å². The number of hydrogen-bond donors (Lipinski definition) is 1. The molecule has 7 heteroatoms. The minimum absolute atomic E-state index is 0.0194. The Bertz CT molecular complexity index is 775. The number of likely N-dealkylation sites (N-methyl/N-ethyl adjacent to an activating group) is 1. The standard InChI is InChI=1S/C20H25N3O4/c1-4-15-9-11-16(12-10-15)18(22(2)3)13-21-20(24)14-27-19-8-6-5-7-17(19)23(25)26/h5-12,18H,4,13-14H2,1-3H3,(H,21,24). The third-order valence-electron chi connectivity index (χ3n) is 4.31. The zero-order chi connectivity index (χ0) is 19.8. The first-order chi connectivity index (χ1) is 12.9. The number of rotatable bonds is 9. The Balaban J connectivity index is 1.93. The van der Waals surface area contributed by atoms with E-state index >= 15 is 0 Å². The SMILES string of the molecule is CCc1ccc(C(CNC(=O)COc2ccccc2[N+](=O)[O-])N(C)C)cc1. The number of nitro groups is 1. The van der Waals surface area contributed by atoms with E-state index in [4.69, 9.17) is 4.74 Å². The highest BCUT2D eigenvalue weighted by Crippen LogP contribution is 2.25. The summed E-state index contributed by atoms with van der Waals surface area (Å²) in [5.74, 6) is -0.248. The molecule has 7 nitrogen and oxygen atoms in total. The summed E-state index contributed by atoms with van der Waals surface area (Å²) in [6.45, 7) is 2.24. The number of para-hydroxylation sites is 2. The molecule has 1 atom stereocenters. The summed E-state index contributed by atoms with van der Waals surface area (Å²) in [7, 11) is 3.91. The van der Waals surface area contributed by atoms with Crippen molar-refractivity contribution in [1.82, 2.24) is 10.2 Å². The summed E-state index contributed by atoms with van der Waals surface area (Å²) >= 11 is 0. The smallest absolute Gasteiger partial charge is 0.310 e. The summed E-state index contributed by atoms with van der Waals surface area (Å²) in [6, 6.07) is 14.3. The maximum absolute atomic E-state index is 12.1. The molecule has 2 rings (SSSR count). The maximum Gasteiger partial charge on any atom is 0.310 e. The second kappa shape index (κ2) is 9.68. The third kappa shape index (κ3) is 5.79. The zero-order valence-corrected chi connectivity index (χ0v) is 15.8. The Morgan fingerprint density at radius 2 is 1.85 bits per heavy atom. The van der Waals surface area contributed by atoms with Crippen LogP contribution < -0.4 is 10.1 Å². The van der Waals surface area contributed by atoms with Gasteiger partial charge < -0.3 is 15.0 Å². The molecule has 0 fully saturated rings. The number of ether oxygens (including phenoxy) is 1. The largest absolute Gasteiger partial charge is 0.477 e. The van der Waals surface area contributed by atoms with Gasteiger partial charge in [-0.05, 0) is 37.7 Å². The minimum atomic E-state index is -0.532. The molecule has 0 radical (unpaired) electrons. The summed E-state index contributed by atoms with van der Waals surface area (Å²) in [5.41, 5.74) is 2.21. The van der Waals surface area contributed by atoms with Crippen LogP contribution in [0.3, 0.4) is 0 Å². The molecule has 0 aromatic heterocycles. The van der Waals surface area contributed by atoms with Gasteiger partial charge in [0.05, 0.1) is 11.0 Å². The van der Waals surface area contributed by atoms with E-state index in [1.807, 2.05) is 19.0 Å². The van der Waals surface area contributed by atoms with E-state index in [1.54, 1.807) is 12.1 Å². The number of carbonyl (C=O) groups excluding carboxylic acids is 1. The lowest BCUT2D eigenvalue weighted by atomic mass is 10.0. The molecule has 1 unspecified atom stereocenters. The van der Waals surface area contributed by atoms with Gasteiger partial charge in [-0.3, -0.25) is 14.9 Å². The second-order valence-corrected chi connectivity index (χ2v) is 6.39. The first-order valence-corrected chi connectivity index (χ1v) is 8.80. The van der Waals surface area contributed by atoms with Crippen LogP contribution in [0.2, 0.25) is 0 Å². The molecule has 0 saturated carbocycles. The van der Waals surface area contributed by atoms with Crippen molar-refractivity contribution in [2.75, 3.05) is 27.2 Å². The topological polar surface area (TPSA) is 84.7 Å². The number of benzene rings is 2. The van der Waals surface area contributed by atoms with E-state index in [0.29, 0.717) is 6.54 Å². The van der Waals surface area contributed by atoms with E-state index in [-0.39, 0.29) is 30.0 Å². The molecular formula is C20H25N3O4. The normalized spacial score (nSPS) is 11.9. The van der Waals surface area contributed by atoms with Gasteiger partial charge in [-0.2, -0.15) is 0 Å². The van der Waals surface area contributed by atoms with E-state index in [1.165, 1.54) is 17.7 Å². The van der Waals surface area contributed by atoms with Crippen LogP contribution in [0, 0.1) is 10.1 Å². The fourth-order valence-corrected chi connectivity index (χ4v) is 2.71. The van der Waals surface area contributed by atoms with Crippen LogP contribution in [0.15, 0.2) is 48.5 Å². The Morgan fingerprint density at radius 3 is 2.44 bits per heavy atom. The van der Waals surface area contributed by atoms with Gasteiger partial charge in [0.15, 0.2) is 12.4 Å². The fraction of sp³-hybridized carbons (Fsp3) is 0.350. The second-order valence-electron chi connectivity index (χ2n) is 6.39. The molecule has 1 amide bonds. The molecule has 2 aromatic carbocycles. The molecule has 0 aliphatic heterocycles. The lowest BCUT2D eigenvalue weighted by molar-refractivity contribution is -0.385. The zero-order valence-electron chi connectivity index (χ0n) is 15.8. The van der Waals surface area contributed by atoms with Gasteiger partial charge in [0.2, 0.25) is 0 Å². The quantitative estimate of drug-likeness (QED) is 0.541. The first kappa shape index (κ1) is 20.4. The van der Waals surface area contributed by atoms with Crippen molar-refractivity contribution >= 4 is 11.6 Å². The van der Waals surface area contributed by atoms with Crippen LogP contribution >= 0.6 is 0 Å². The van der Waals surface area contributed by atoms with Crippen molar-refractivity contribution in [3.05, 3.63) is 69.8 Å². The van der Waals surface area contributed by atoms with Gasteiger partial charge in [0.25, 0.3) is 5.91 Å². The summed E-state index contributed by atoms with van der Waals surface area (Å²) < 4.78 is 5.32. The van der Waals surface area contributed by atoms with E-state index in [0.717, 1.165) is 12.0 Å². The lowest BCUT2D eigenvalue weighted by Gasteiger charge is -2.25. The number of aryl methyl sites for hydroxylation is 1. The number of nitrogens with one attached hydrogen (secondary N) is 1. The molecule has 0 bridgehead atoms. The summed E-state index contributed by atoms with van der Waals surface area (Å²) in [5, 5.41) is 13.8. The van der Waals surface area contributed by atoms with Crippen molar-refractivity contribution in [1.29, 1.82) is 0 Å². The lowest BCUT2D eigenvalue weighted by Crippen LogP contribution is -2.36. The molecule has 0 saturated heterocycles. The Morgan fingerprint density at radius 1 is 1.19 bits per heavy atom. The number of nitrogens with zero attached hydrogens (tertiary/aromatic N) is 2. The predicted octanol–water partition coefficient (Wildman–Crippen LogP) is 2.96. The van der Waals surface area contributed by atoms with Crippen LogP contribution in [0.5, 0.6) is 5.75 Å². The molecule has 0 heterocycles. The van der Waals surface area contributed by atoms with Gasteiger partial charge in [0.1, 0.15) is 0 Å². The molecular weight excluding hydrogens is 346 g/mol. The van der Waals surface area contributed by atoms with Gasteiger partial charge in [0, 0.05) is 12.6 Å².